The van der Waals surface area contributed by atoms with Crippen molar-refractivity contribution in [1.29, 1.82) is 0 Å². The summed E-state index contributed by atoms with van der Waals surface area (Å²) in [6.45, 7) is -0.313. The van der Waals surface area contributed by atoms with Gasteiger partial charge in [0.1, 0.15) is 6.20 Å². The van der Waals surface area contributed by atoms with Crippen molar-refractivity contribution in [3.8, 4) is 0 Å². The van der Waals surface area contributed by atoms with E-state index in [1.54, 1.807) is 0 Å². The van der Waals surface area contributed by atoms with E-state index in [2.05, 4.69) is 0 Å². The minimum Gasteiger partial charge on any atom is -0.281 e. The lowest BCUT2D eigenvalue weighted by molar-refractivity contribution is -0.475. The van der Waals surface area contributed by atoms with Crippen LogP contribution in [-0.4, -0.2) is 27.5 Å². The van der Waals surface area contributed by atoms with E-state index in [1.807, 2.05) is 0 Å². The quantitative estimate of drug-likeness (QED) is 0.353. The highest BCUT2D eigenvalue weighted by atomic mass is 16.5. The van der Waals surface area contributed by atoms with Gasteiger partial charge in [-0.25, -0.2) is 0 Å². The van der Waals surface area contributed by atoms with Gasteiger partial charge in [0.15, 0.2) is 0 Å². The molecule has 0 radical (unpaired) electrons. The molecule has 0 aromatic rings. The van der Waals surface area contributed by atoms with Crippen LogP contribution in [0.3, 0.4) is 0 Å². The first-order valence-electron chi connectivity index (χ1n) is 2.33. The van der Waals surface area contributed by atoms with Crippen molar-refractivity contribution in [2.75, 3.05) is 6.54 Å². The predicted octanol–water partition coefficient (Wildman–Crippen LogP) is -0.532. The Balaban J connectivity index is 2.76. The molecule has 1 N–H and O–H groups in total. The van der Waals surface area contributed by atoms with E-state index >= 15 is 0 Å². The number of hydrogen-bond donors (Lipinski definition) is 1. The lowest BCUT2D eigenvalue weighted by Gasteiger charge is -2.06. The molecular weight excluding hydrogens is 124 g/mol. The highest BCUT2D eigenvalue weighted by Gasteiger charge is 2.22. The molecule has 0 unspecified atom stereocenters. The van der Waals surface area contributed by atoms with Gasteiger partial charge in [-0.05, 0) is 0 Å². The van der Waals surface area contributed by atoms with Crippen LogP contribution in [0.15, 0.2) is 12.4 Å². The molecule has 0 atom stereocenters. The summed E-state index contributed by atoms with van der Waals surface area (Å²) < 4.78 is 0.440. The largest absolute Gasteiger partial charge is 0.320 e. The topological polar surface area (TPSA) is 60.6 Å². The number of carbonyl (C=O) groups excluding carboxylic acids is 1. The number of hydroxylamine groups is 2. The maximum absolute atomic E-state index is 10.4. The Morgan fingerprint density at radius 1 is 1.78 bits per heavy atom. The van der Waals surface area contributed by atoms with Crippen LogP contribution in [-0.2, 0) is 4.79 Å². The SMILES string of the molecule is O=C1C[N+](=O)C=CN1O. The first-order chi connectivity index (χ1) is 4.20. The minimum atomic E-state index is -0.618. The molecule has 0 fully saturated rings. The van der Waals surface area contributed by atoms with E-state index in [1.165, 1.54) is 0 Å². The maximum atomic E-state index is 10.4. The zero-order chi connectivity index (χ0) is 6.85. The van der Waals surface area contributed by atoms with E-state index in [-0.39, 0.29) is 6.54 Å². The molecule has 1 amide bonds. The number of rotatable bonds is 0. The molecule has 1 rings (SSSR count). The number of amides is 1. The van der Waals surface area contributed by atoms with Crippen LogP contribution in [0, 0.1) is 4.91 Å². The van der Waals surface area contributed by atoms with E-state index < -0.39 is 5.91 Å². The smallest absolute Gasteiger partial charge is 0.281 e. The summed E-state index contributed by atoms with van der Waals surface area (Å²) >= 11 is 0. The molecule has 48 valence electrons. The Morgan fingerprint density at radius 3 is 2.89 bits per heavy atom. The van der Waals surface area contributed by atoms with Crippen molar-refractivity contribution < 1.29 is 14.8 Å². The zero-order valence-corrected chi connectivity index (χ0v) is 4.52. The number of hydrogen-bond acceptors (Lipinski definition) is 3. The van der Waals surface area contributed by atoms with Crippen LogP contribution in [0.1, 0.15) is 0 Å². The molecule has 5 heteroatoms. The van der Waals surface area contributed by atoms with Crippen LogP contribution in [0.4, 0.5) is 0 Å². The summed E-state index contributed by atoms with van der Waals surface area (Å²) in [5, 5.41) is 8.91. The third-order valence-corrected chi connectivity index (χ3v) is 0.921. The van der Waals surface area contributed by atoms with Crippen LogP contribution in [0.5, 0.6) is 0 Å². The summed E-state index contributed by atoms with van der Waals surface area (Å²) in [6.07, 6.45) is 2.07. The van der Waals surface area contributed by atoms with Crippen molar-refractivity contribution in [3.05, 3.63) is 17.3 Å². The molecule has 1 aliphatic rings. The first kappa shape index (κ1) is 5.90. The molecular formula is C4H5N2O3+. The lowest BCUT2D eigenvalue weighted by Crippen LogP contribution is -2.32. The predicted molar refractivity (Wildman–Crippen MR) is 26.3 cm³/mol. The Kier molecular flexibility index (Phi) is 1.27. The average Bonchev–Trinajstić information content (AvgIpc) is 1.80. The first-order valence-corrected chi connectivity index (χ1v) is 2.33. The fourth-order valence-corrected chi connectivity index (χ4v) is 0.479. The van der Waals surface area contributed by atoms with Crippen molar-refractivity contribution in [1.82, 2.24) is 5.06 Å². The minimum absolute atomic E-state index is 0.313. The Morgan fingerprint density at radius 2 is 2.44 bits per heavy atom. The van der Waals surface area contributed by atoms with Crippen molar-refractivity contribution in [2.24, 2.45) is 0 Å². The molecule has 5 nitrogen and oxygen atoms in total. The normalized spacial score (nSPS) is 19.0. The van der Waals surface area contributed by atoms with Crippen LogP contribution in [0.25, 0.3) is 0 Å². The van der Waals surface area contributed by atoms with Crippen molar-refractivity contribution >= 4 is 5.91 Å². The van der Waals surface area contributed by atoms with E-state index in [0.29, 0.717) is 9.82 Å². The molecule has 9 heavy (non-hydrogen) atoms. The van der Waals surface area contributed by atoms with Gasteiger partial charge >= 0.3 is 5.91 Å². The maximum Gasteiger partial charge on any atom is 0.320 e. The van der Waals surface area contributed by atoms with Gasteiger partial charge in [-0.3, -0.25) is 10.0 Å². The van der Waals surface area contributed by atoms with Gasteiger partial charge in [-0.2, -0.15) is 5.06 Å². The molecule has 0 aliphatic carbocycles. The van der Waals surface area contributed by atoms with E-state index in [9.17, 15) is 9.70 Å². The Bertz CT molecular complexity index is 186. The molecule has 0 aromatic heterocycles. The summed E-state index contributed by atoms with van der Waals surface area (Å²) in [5.41, 5.74) is 0. The third kappa shape index (κ3) is 1.11. The number of carbonyl (C=O) groups is 1. The van der Waals surface area contributed by atoms with Gasteiger partial charge in [-0.1, -0.05) is 0 Å². The van der Waals surface area contributed by atoms with Gasteiger partial charge in [0.05, 0.1) is 0 Å². The molecule has 1 heterocycles. The van der Waals surface area contributed by atoms with E-state index in [4.69, 9.17) is 5.21 Å². The average molecular weight is 129 g/mol. The highest BCUT2D eigenvalue weighted by Crippen LogP contribution is 1.94. The Hall–Kier alpha value is -1.23. The molecule has 0 aromatic carbocycles. The second kappa shape index (κ2) is 1.94. The second-order valence-corrected chi connectivity index (χ2v) is 1.61. The number of nitroso groups, excluding NO2 is 1. The second-order valence-electron chi connectivity index (χ2n) is 1.61. The van der Waals surface area contributed by atoms with Gasteiger partial charge < -0.3 is 0 Å². The lowest BCUT2D eigenvalue weighted by atomic mass is 10.5. The van der Waals surface area contributed by atoms with Gasteiger partial charge in [0, 0.05) is 9.67 Å². The van der Waals surface area contributed by atoms with Gasteiger partial charge in [0.25, 0.3) is 6.54 Å². The molecule has 0 saturated carbocycles. The summed E-state index contributed by atoms with van der Waals surface area (Å²) in [4.78, 5) is 20.7. The van der Waals surface area contributed by atoms with E-state index in [0.717, 1.165) is 12.4 Å². The van der Waals surface area contributed by atoms with Crippen LogP contribution < -0.4 is 0 Å². The van der Waals surface area contributed by atoms with Crippen molar-refractivity contribution in [2.45, 2.75) is 0 Å². The summed E-state index contributed by atoms with van der Waals surface area (Å²) in [7, 11) is 0. The number of nitrogens with zero attached hydrogens (tertiary/aromatic N) is 2. The van der Waals surface area contributed by atoms with Crippen molar-refractivity contribution in [3.63, 3.8) is 0 Å². The van der Waals surface area contributed by atoms with Crippen LogP contribution >= 0.6 is 0 Å². The molecule has 1 aliphatic heterocycles. The summed E-state index contributed by atoms with van der Waals surface area (Å²) in [5.74, 6) is -0.618. The zero-order valence-electron chi connectivity index (χ0n) is 4.52. The molecule has 0 bridgehead atoms. The van der Waals surface area contributed by atoms with Gasteiger partial charge in [-0.15, -0.1) is 0 Å². The molecule has 0 spiro atoms. The molecule has 0 saturated heterocycles. The standard InChI is InChI=1S/C4H5N2O3/c7-4-3-5(8)1-2-6(4)9/h1-2,9H,3H2/q+1. The monoisotopic (exact) mass is 129 g/mol. The van der Waals surface area contributed by atoms with Gasteiger partial charge in [0.2, 0.25) is 6.20 Å². The third-order valence-electron chi connectivity index (χ3n) is 0.921. The fraction of sp³-hybridized carbons (Fsp3) is 0.250. The fourth-order valence-electron chi connectivity index (χ4n) is 0.479. The van der Waals surface area contributed by atoms with Crippen LogP contribution in [0.2, 0.25) is 0 Å². The summed E-state index contributed by atoms with van der Waals surface area (Å²) in [6, 6.07) is 0. The highest BCUT2D eigenvalue weighted by molar-refractivity contribution is 5.77. The Labute approximate surface area is 50.7 Å².